The molecule has 4 N–H and O–H groups in total. The fraction of sp³-hybridized carbons (Fsp3) is 0.615. The molecule has 1 saturated heterocycles. The van der Waals surface area contributed by atoms with Gasteiger partial charge in [-0.1, -0.05) is 71.9 Å². The molecule has 34 heavy (non-hydrogen) atoms. The summed E-state index contributed by atoms with van der Waals surface area (Å²) < 4.78 is 0. The van der Waals surface area contributed by atoms with Gasteiger partial charge >= 0.3 is 0 Å². The van der Waals surface area contributed by atoms with E-state index < -0.39 is 23.9 Å². The Balaban J connectivity index is 2.17. The first-order valence-corrected chi connectivity index (χ1v) is 11.9. The number of amides is 4. The van der Waals surface area contributed by atoms with E-state index in [0.717, 1.165) is 5.56 Å². The molecular weight excluding hydrogens is 432 g/mol. The first-order valence-electron chi connectivity index (χ1n) is 11.9. The Bertz CT molecular complexity index is 886. The van der Waals surface area contributed by atoms with Crippen LogP contribution in [0.2, 0.25) is 0 Å². The van der Waals surface area contributed by atoms with Gasteiger partial charge in [-0.25, -0.2) is 0 Å². The van der Waals surface area contributed by atoms with Crippen molar-refractivity contribution in [3.63, 3.8) is 0 Å². The Morgan fingerprint density at radius 3 is 2.12 bits per heavy atom. The van der Waals surface area contributed by atoms with Gasteiger partial charge in [0.1, 0.15) is 12.1 Å². The summed E-state index contributed by atoms with van der Waals surface area (Å²) in [6.07, 6.45) is 1.16. The summed E-state index contributed by atoms with van der Waals surface area (Å²) >= 11 is 0. The summed E-state index contributed by atoms with van der Waals surface area (Å²) in [6.45, 7) is 12.1. The predicted molar refractivity (Wildman–Crippen MR) is 131 cm³/mol. The molecule has 1 fully saturated rings. The fourth-order valence-corrected chi connectivity index (χ4v) is 4.12. The highest BCUT2D eigenvalue weighted by Gasteiger charge is 2.41. The Morgan fingerprint density at radius 2 is 1.59 bits per heavy atom. The van der Waals surface area contributed by atoms with Gasteiger partial charge < -0.3 is 21.3 Å². The van der Waals surface area contributed by atoms with E-state index in [9.17, 15) is 19.2 Å². The average molecular weight is 473 g/mol. The molecule has 8 heteroatoms. The lowest BCUT2D eigenvalue weighted by Gasteiger charge is -2.28. The monoisotopic (exact) mass is 472 g/mol. The Morgan fingerprint density at radius 1 is 1.00 bits per heavy atom. The zero-order valence-electron chi connectivity index (χ0n) is 21.3. The van der Waals surface area contributed by atoms with Gasteiger partial charge in [-0.3, -0.25) is 19.2 Å². The summed E-state index contributed by atoms with van der Waals surface area (Å²) in [4.78, 5) is 52.4. The number of nitrogens with one attached hydrogen (secondary N) is 2. The number of hydrogen-bond donors (Lipinski definition) is 3. The zero-order valence-corrected chi connectivity index (χ0v) is 21.3. The first-order chi connectivity index (χ1) is 15.6. The lowest BCUT2D eigenvalue weighted by molar-refractivity contribution is -0.140. The molecule has 0 spiro atoms. The predicted octanol–water partition coefficient (Wildman–Crippen LogP) is 2.16. The van der Waals surface area contributed by atoms with E-state index in [0.29, 0.717) is 6.42 Å². The third kappa shape index (κ3) is 8.80. The molecule has 0 aromatic heterocycles. The van der Waals surface area contributed by atoms with Crippen molar-refractivity contribution in [1.29, 1.82) is 0 Å². The van der Waals surface area contributed by atoms with Gasteiger partial charge in [0.05, 0.1) is 0 Å². The second-order valence-electron chi connectivity index (χ2n) is 11.7. The molecule has 0 bridgehead atoms. The molecular formula is C26H40N4O4. The standard InChI is InChI=1S/C26H40N4O4/c1-25(2,3)14-21(31)28-18-13-20(30(16-18)22(32)15-26(4,5)6)24(34)29-19(23(27)33)12-17-10-8-7-9-11-17/h7-11,18-20H,12-16H2,1-6H3,(H2,27,33)(H,28,31)(H,29,34)/t18-,19-,20+/m1/s1. The van der Waals surface area contributed by atoms with E-state index in [1.54, 1.807) is 0 Å². The maximum Gasteiger partial charge on any atom is 0.243 e. The first kappa shape index (κ1) is 27.3. The quantitative estimate of drug-likeness (QED) is 0.537. The topological polar surface area (TPSA) is 122 Å². The molecule has 0 saturated carbocycles. The highest BCUT2D eigenvalue weighted by molar-refractivity contribution is 5.92. The minimum absolute atomic E-state index is 0.110. The van der Waals surface area contributed by atoms with Crippen molar-refractivity contribution in [3.05, 3.63) is 35.9 Å². The number of benzene rings is 1. The van der Waals surface area contributed by atoms with Gasteiger partial charge in [0, 0.05) is 31.8 Å². The molecule has 3 atom stereocenters. The van der Waals surface area contributed by atoms with Gasteiger partial charge in [0.25, 0.3) is 0 Å². The van der Waals surface area contributed by atoms with Crippen LogP contribution in [0, 0.1) is 10.8 Å². The molecule has 0 unspecified atom stereocenters. The normalized spacial score (nSPS) is 19.4. The summed E-state index contributed by atoms with van der Waals surface area (Å²) in [5, 5.41) is 5.73. The number of nitrogens with zero attached hydrogens (tertiary/aromatic N) is 1. The minimum Gasteiger partial charge on any atom is -0.368 e. The van der Waals surface area contributed by atoms with Crippen molar-refractivity contribution in [1.82, 2.24) is 15.5 Å². The van der Waals surface area contributed by atoms with Crippen molar-refractivity contribution >= 4 is 23.6 Å². The van der Waals surface area contributed by atoms with Gasteiger partial charge in [-0.05, 0) is 22.8 Å². The minimum atomic E-state index is -0.899. The molecule has 1 aliphatic heterocycles. The maximum atomic E-state index is 13.3. The van der Waals surface area contributed by atoms with Crippen molar-refractivity contribution in [3.8, 4) is 0 Å². The van der Waals surface area contributed by atoms with E-state index >= 15 is 0 Å². The lowest BCUT2D eigenvalue weighted by Crippen LogP contribution is -2.53. The molecule has 4 amide bonds. The summed E-state index contributed by atoms with van der Waals surface area (Å²) in [5.41, 5.74) is 6.01. The van der Waals surface area contributed by atoms with Crippen LogP contribution in [0.3, 0.4) is 0 Å². The molecule has 0 radical (unpaired) electrons. The van der Waals surface area contributed by atoms with Gasteiger partial charge in [-0.2, -0.15) is 0 Å². The Labute approximate surface area is 203 Å². The van der Waals surface area contributed by atoms with E-state index in [1.807, 2.05) is 71.9 Å². The largest absolute Gasteiger partial charge is 0.368 e. The van der Waals surface area contributed by atoms with Crippen LogP contribution in [0.25, 0.3) is 0 Å². The van der Waals surface area contributed by atoms with Crippen LogP contribution in [-0.2, 0) is 25.6 Å². The zero-order chi connectivity index (χ0) is 25.7. The van der Waals surface area contributed by atoms with Crippen molar-refractivity contribution in [2.75, 3.05) is 6.54 Å². The number of carbonyl (C=O) groups is 4. The van der Waals surface area contributed by atoms with Crippen LogP contribution in [0.5, 0.6) is 0 Å². The molecule has 1 aliphatic rings. The summed E-state index contributed by atoms with van der Waals surface area (Å²) in [7, 11) is 0. The van der Waals surface area contributed by atoms with Gasteiger partial charge in [-0.15, -0.1) is 0 Å². The van der Waals surface area contributed by atoms with Gasteiger partial charge in [0.2, 0.25) is 23.6 Å². The number of nitrogens with two attached hydrogens (primary N) is 1. The number of rotatable bonds is 8. The number of primary amides is 1. The van der Waals surface area contributed by atoms with Crippen LogP contribution in [0.15, 0.2) is 30.3 Å². The summed E-state index contributed by atoms with van der Waals surface area (Å²) in [6, 6.07) is 7.27. The molecule has 1 aromatic carbocycles. The SMILES string of the molecule is CC(C)(C)CC(=O)N[C@@H]1C[C@@H](C(=O)N[C@H](Cc2ccccc2)C(N)=O)N(C(=O)CC(C)(C)C)C1. The maximum absolute atomic E-state index is 13.3. The van der Waals surface area contributed by atoms with Crippen molar-refractivity contribution in [2.45, 2.75) is 85.4 Å². The third-order valence-corrected chi connectivity index (χ3v) is 5.60. The Kier molecular flexibility index (Phi) is 8.86. The fourth-order valence-electron chi connectivity index (χ4n) is 4.12. The van der Waals surface area contributed by atoms with Crippen molar-refractivity contribution in [2.24, 2.45) is 16.6 Å². The second kappa shape index (κ2) is 11.0. The summed E-state index contributed by atoms with van der Waals surface area (Å²) in [5.74, 6) is -1.34. The smallest absolute Gasteiger partial charge is 0.243 e. The molecule has 1 heterocycles. The van der Waals surface area contributed by atoms with Crippen molar-refractivity contribution < 1.29 is 19.2 Å². The highest BCUT2D eigenvalue weighted by Crippen LogP contribution is 2.26. The van der Waals surface area contributed by atoms with Gasteiger partial charge in [0.15, 0.2) is 0 Å². The van der Waals surface area contributed by atoms with E-state index in [1.165, 1.54) is 4.90 Å². The molecule has 188 valence electrons. The molecule has 1 aromatic rings. The molecule has 2 rings (SSSR count). The average Bonchev–Trinajstić information content (AvgIpc) is 3.09. The lowest BCUT2D eigenvalue weighted by atomic mass is 9.91. The van der Waals surface area contributed by atoms with Crippen LogP contribution < -0.4 is 16.4 Å². The van der Waals surface area contributed by atoms with Crippen LogP contribution in [0.4, 0.5) is 0 Å². The third-order valence-electron chi connectivity index (χ3n) is 5.60. The number of hydrogen-bond acceptors (Lipinski definition) is 4. The van der Waals surface area contributed by atoms with E-state index in [-0.39, 0.29) is 54.5 Å². The Hall–Kier alpha value is -2.90. The highest BCUT2D eigenvalue weighted by atomic mass is 16.2. The van der Waals surface area contributed by atoms with E-state index in [2.05, 4.69) is 10.6 Å². The van der Waals surface area contributed by atoms with E-state index in [4.69, 9.17) is 5.73 Å². The molecule has 8 nitrogen and oxygen atoms in total. The second-order valence-corrected chi connectivity index (χ2v) is 11.7. The number of carbonyl (C=O) groups excluding carboxylic acids is 4. The van der Waals surface area contributed by atoms with Crippen LogP contribution >= 0.6 is 0 Å². The number of likely N-dealkylation sites (tertiary alicyclic amines) is 1. The molecule has 0 aliphatic carbocycles. The van der Waals surface area contributed by atoms with Crippen LogP contribution in [0.1, 0.15) is 66.4 Å². The van der Waals surface area contributed by atoms with Crippen LogP contribution in [-0.4, -0.2) is 53.2 Å².